The zero-order valence-corrected chi connectivity index (χ0v) is 15.4. The van der Waals surface area contributed by atoms with E-state index in [4.69, 9.17) is 4.74 Å². The van der Waals surface area contributed by atoms with E-state index < -0.39 is 12.1 Å². The van der Waals surface area contributed by atoms with Gasteiger partial charge in [-0.25, -0.2) is 4.79 Å². The Morgan fingerprint density at radius 2 is 2.04 bits per heavy atom. The zero-order chi connectivity index (χ0) is 17.8. The maximum absolute atomic E-state index is 12.5. The summed E-state index contributed by atoms with van der Waals surface area (Å²) >= 11 is 1.51. The van der Waals surface area contributed by atoms with Gasteiger partial charge in [-0.3, -0.25) is 4.79 Å². The van der Waals surface area contributed by atoms with Gasteiger partial charge >= 0.3 is 5.97 Å². The molecule has 1 heterocycles. The van der Waals surface area contributed by atoms with Gasteiger partial charge in [0.2, 0.25) is 0 Å². The lowest BCUT2D eigenvalue weighted by molar-refractivity contribution is -0.124. The van der Waals surface area contributed by atoms with Crippen LogP contribution in [0.1, 0.15) is 51.9 Å². The van der Waals surface area contributed by atoms with Crippen LogP contribution in [0.4, 0.5) is 5.69 Å². The highest BCUT2D eigenvalue weighted by atomic mass is 32.1. The van der Waals surface area contributed by atoms with Gasteiger partial charge in [-0.05, 0) is 68.4 Å². The van der Waals surface area contributed by atoms with E-state index in [0.717, 1.165) is 18.4 Å². The molecule has 1 atom stereocenters. The van der Waals surface area contributed by atoms with Crippen molar-refractivity contribution in [3.63, 3.8) is 0 Å². The number of rotatable bonds is 5. The summed E-state index contributed by atoms with van der Waals surface area (Å²) in [6.45, 7) is 3.80. The fraction of sp³-hybridized carbons (Fsp3) is 0.400. The Morgan fingerprint density at radius 1 is 1.24 bits per heavy atom. The average Bonchev–Trinajstić information content (AvgIpc) is 3.03. The molecule has 132 valence electrons. The number of carbonyl (C=O) groups is 2. The van der Waals surface area contributed by atoms with Crippen LogP contribution >= 0.6 is 11.3 Å². The van der Waals surface area contributed by atoms with Crippen molar-refractivity contribution in [1.82, 2.24) is 0 Å². The summed E-state index contributed by atoms with van der Waals surface area (Å²) in [6, 6.07) is 9.50. The van der Waals surface area contributed by atoms with Gasteiger partial charge < -0.3 is 10.1 Å². The summed E-state index contributed by atoms with van der Waals surface area (Å²) in [4.78, 5) is 26.8. The number of benzene rings is 1. The van der Waals surface area contributed by atoms with Crippen molar-refractivity contribution in [2.24, 2.45) is 0 Å². The largest absolute Gasteiger partial charge is 0.448 e. The topological polar surface area (TPSA) is 55.4 Å². The van der Waals surface area contributed by atoms with Gasteiger partial charge in [0.05, 0.1) is 0 Å². The summed E-state index contributed by atoms with van der Waals surface area (Å²) in [7, 11) is 0. The van der Waals surface area contributed by atoms with Gasteiger partial charge in [0.25, 0.3) is 5.91 Å². The Labute approximate surface area is 152 Å². The second-order valence-corrected chi connectivity index (χ2v) is 7.56. The van der Waals surface area contributed by atoms with Gasteiger partial charge in [-0.2, -0.15) is 0 Å². The molecule has 0 fully saturated rings. The molecule has 1 aliphatic rings. The smallest absolute Gasteiger partial charge is 0.349 e. The van der Waals surface area contributed by atoms with Crippen LogP contribution in [0.15, 0.2) is 30.3 Å². The van der Waals surface area contributed by atoms with E-state index in [1.165, 1.54) is 34.6 Å². The summed E-state index contributed by atoms with van der Waals surface area (Å²) in [5.41, 5.74) is 3.04. The number of ether oxygens (including phenoxy) is 1. The molecule has 0 spiro atoms. The van der Waals surface area contributed by atoms with E-state index in [2.05, 4.69) is 5.32 Å². The molecule has 5 heteroatoms. The molecule has 4 nitrogen and oxygen atoms in total. The molecular formula is C20H23NO3S. The van der Waals surface area contributed by atoms with Crippen LogP contribution in [0, 0.1) is 6.92 Å². The highest BCUT2D eigenvalue weighted by molar-refractivity contribution is 7.14. The summed E-state index contributed by atoms with van der Waals surface area (Å²) in [5, 5.41) is 2.83. The number of nitrogens with one attached hydrogen (secondary N) is 1. The molecule has 0 saturated carbocycles. The van der Waals surface area contributed by atoms with Gasteiger partial charge in [0.1, 0.15) is 4.88 Å². The molecule has 1 unspecified atom stereocenters. The van der Waals surface area contributed by atoms with E-state index in [9.17, 15) is 9.59 Å². The average molecular weight is 357 g/mol. The number of amides is 1. The second kappa shape index (κ2) is 7.83. The van der Waals surface area contributed by atoms with Crippen molar-refractivity contribution in [2.45, 2.75) is 52.1 Å². The highest BCUT2D eigenvalue weighted by Gasteiger charge is 2.24. The first kappa shape index (κ1) is 17.7. The Hall–Kier alpha value is -2.14. The maximum Gasteiger partial charge on any atom is 0.349 e. The normalized spacial score (nSPS) is 14.5. The number of aryl methyl sites for hydroxylation is 3. The molecule has 1 aliphatic carbocycles. The number of hydrogen-bond acceptors (Lipinski definition) is 4. The molecule has 3 rings (SSSR count). The monoisotopic (exact) mass is 357 g/mol. The van der Waals surface area contributed by atoms with Crippen molar-refractivity contribution in [2.75, 3.05) is 5.32 Å². The van der Waals surface area contributed by atoms with E-state index in [1.807, 2.05) is 44.2 Å². The fourth-order valence-electron chi connectivity index (χ4n) is 3.05. The van der Waals surface area contributed by atoms with Crippen LogP contribution in [0.5, 0.6) is 0 Å². The lowest BCUT2D eigenvalue weighted by Gasteiger charge is -2.15. The Morgan fingerprint density at radius 3 is 2.76 bits per heavy atom. The first-order chi connectivity index (χ1) is 12.1. The third kappa shape index (κ3) is 4.28. The lowest BCUT2D eigenvalue weighted by atomic mass is 9.99. The van der Waals surface area contributed by atoms with E-state index >= 15 is 0 Å². The van der Waals surface area contributed by atoms with E-state index in [-0.39, 0.29) is 5.91 Å². The summed E-state index contributed by atoms with van der Waals surface area (Å²) in [6.07, 6.45) is 4.08. The molecule has 25 heavy (non-hydrogen) atoms. The minimum absolute atomic E-state index is 0.289. The van der Waals surface area contributed by atoms with Crippen molar-refractivity contribution in [3.05, 3.63) is 51.2 Å². The van der Waals surface area contributed by atoms with Crippen LogP contribution in [0.25, 0.3) is 0 Å². The minimum Gasteiger partial charge on any atom is -0.448 e. The number of anilines is 1. The molecule has 2 aromatic rings. The molecule has 0 saturated heterocycles. The molecule has 0 bridgehead atoms. The highest BCUT2D eigenvalue weighted by Crippen LogP contribution is 2.30. The van der Waals surface area contributed by atoms with Gasteiger partial charge in [-0.1, -0.05) is 19.1 Å². The number of fused-ring (bicyclic) bond motifs is 1. The molecule has 1 N–H and O–H groups in total. The van der Waals surface area contributed by atoms with Crippen LogP contribution in [-0.4, -0.2) is 18.0 Å². The lowest BCUT2D eigenvalue weighted by Crippen LogP contribution is -2.31. The van der Waals surface area contributed by atoms with Crippen molar-refractivity contribution < 1.29 is 14.3 Å². The van der Waals surface area contributed by atoms with Crippen molar-refractivity contribution in [3.8, 4) is 0 Å². The Bertz CT molecular complexity index is 757. The Kier molecular flexibility index (Phi) is 5.53. The van der Waals surface area contributed by atoms with E-state index in [1.54, 1.807) is 0 Å². The van der Waals surface area contributed by atoms with Crippen LogP contribution in [0.3, 0.4) is 0 Å². The third-order valence-electron chi connectivity index (χ3n) is 4.40. The molecule has 1 aromatic carbocycles. The first-order valence-electron chi connectivity index (χ1n) is 8.77. The molecule has 0 radical (unpaired) electrons. The number of esters is 1. The summed E-state index contributed by atoms with van der Waals surface area (Å²) in [5.74, 6) is -0.687. The standard InChI is InChI=1S/C20H23NO3S/c1-3-16(19(22)21-15-9-6-7-13(2)11-15)24-20(23)18-12-14-8-4-5-10-17(14)25-18/h6-7,9,11-12,16H,3-5,8,10H2,1-2H3,(H,21,22). The van der Waals surface area contributed by atoms with Crippen LogP contribution in [-0.2, 0) is 22.4 Å². The Balaban J connectivity index is 1.65. The zero-order valence-electron chi connectivity index (χ0n) is 14.6. The molecular weight excluding hydrogens is 334 g/mol. The maximum atomic E-state index is 12.5. The third-order valence-corrected chi connectivity index (χ3v) is 5.61. The quantitative estimate of drug-likeness (QED) is 0.801. The number of carbonyl (C=O) groups excluding carboxylic acids is 2. The predicted octanol–water partition coefficient (Wildman–Crippen LogP) is 4.51. The van der Waals surface area contributed by atoms with Crippen molar-refractivity contribution >= 4 is 28.9 Å². The van der Waals surface area contributed by atoms with E-state index in [0.29, 0.717) is 17.0 Å². The first-order valence-corrected chi connectivity index (χ1v) is 9.58. The second-order valence-electron chi connectivity index (χ2n) is 6.43. The van der Waals surface area contributed by atoms with Gasteiger partial charge in [-0.15, -0.1) is 11.3 Å². The molecule has 1 amide bonds. The SMILES string of the molecule is CCC(OC(=O)c1cc2c(s1)CCCC2)C(=O)Nc1cccc(C)c1. The fourth-order valence-corrected chi connectivity index (χ4v) is 4.18. The van der Waals surface area contributed by atoms with Gasteiger partial charge in [0.15, 0.2) is 6.10 Å². The van der Waals surface area contributed by atoms with Crippen LogP contribution in [0.2, 0.25) is 0 Å². The van der Waals surface area contributed by atoms with Crippen molar-refractivity contribution in [1.29, 1.82) is 0 Å². The molecule has 1 aromatic heterocycles. The number of hydrogen-bond donors (Lipinski definition) is 1. The number of thiophene rings is 1. The summed E-state index contributed by atoms with van der Waals surface area (Å²) < 4.78 is 5.49. The van der Waals surface area contributed by atoms with Crippen LogP contribution < -0.4 is 5.32 Å². The predicted molar refractivity (Wildman–Crippen MR) is 100 cm³/mol. The molecule has 0 aliphatic heterocycles. The minimum atomic E-state index is -0.785. The van der Waals surface area contributed by atoms with Gasteiger partial charge in [0, 0.05) is 10.6 Å².